The van der Waals surface area contributed by atoms with Crippen molar-refractivity contribution in [2.24, 2.45) is 10.9 Å². The molecule has 0 unspecified atom stereocenters. The van der Waals surface area contributed by atoms with Crippen LogP contribution in [0.5, 0.6) is 5.75 Å². The Hall–Kier alpha value is -2.17. The van der Waals surface area contributed by atoms with Gasteiger partial charge >= 0.3 is 0 Å². The molecular weight excluding hydrogens is 208 g/mol. The van der Waals surface area contributed by atoms with E-state index in [4.69, 9.17) is 20.1 Å². The van der Waals surface area contributed by atoms with Gasteiger partial charge in [-0.05, 0) is 19.1 Å². The first-order valence-electron chi connectivity index (χ1n) is 4.89. The van der Waals surface area contributed by atoms with Gasteiger partial charge in [0.1, 0.15) is 0 Å². The van der Waals surface area contributed by atoms with Gasteiger partial charge in [0, 0.05) is 5.39 Å². The molecule has 0 atom stereocenters. The third kappa shape index (κ3) is 1.67. The maximum atomic E-state index is 8.56. The fraction of sp³-hybridized carbons (Fsp3) is 0.182. The van der Waals surface area contributed by atoms with Gasteiger partial charge < -0.3 is 20.1 Å². The van der Waals surface area contributed by atoms with Crippen molar-refractivity contribution in [3.8, 4) is 5.75 Å². The number of nitrogens with two attached hydrogens (primary N) is 1. The van der Waals surface area contributed by atoms with Crippen molar-refractivity contribution in [1.29, 1.82) is 0 Å². The molecule has 0 fully saturated rings. The molecule has 0 radical (unpaired) electrons. The van der Waals surface area contributed by atoms with Crippen LogP contribution in [-0.4, -0.2) is 17.6 Å². The van der Waals surface area contributed by atoms with Crippen LogP contribution < -0.4 is 10.5 Å². The van der Waals surface area contributed by atoms with Crippen LogP contribution in [0.4, 0.5) is 0 Å². The van der Waals surface area contributed by atoms with E-state index in [0.717, 1.165) is 5.39 Å². The van der Waals surface area contributed by atoms with Gasteiger partial charge in [-0.2, -0.15) is 0 Å². The fourth-order valence-corrected chi connectivity index (χ4v) is 1.48. The fourth-order valence-electron chi connectivity index (χ4n) is 1.48. The number of benzene rings is 1. The number of amidine groups is 1. The molecule has 1 aromatic carbocycles. The molecule has 84 valence electrons. The maximum absolute atomic E-state index is 8.56. The summed E-state index contributed by atoms with van der Waals surface area (Å²) in [5, 5.41) is 12.3. The van der Waals surface area contributed by atoms with Gasteiger partial charge in [0.05, 0.1) is 6.61 Å². The molecule has 3 N–H and O–H groups in total. The van der Waals surface area contributed by atoms with Gasteiger partial charge in [-0.15, -0.1) is 0 Å². The summed E-state index contributed by atoms with van der Waals surface area (Å²) in [5.41, 5.74) is 6.05. The van der Waals surface area contributed by atoms with Crippen LogP contribution in [0.25, 0.3) is 11.0 Å². The molecule has 0 aliphatic carbocycles. The smallest absolute Gasteiger partial charge is 0.205 e. The van der Waals surface area contributed by atoms with Crippen molar-refractivity contribution in [2.45, 2.75) is 6.92 Å². The Bertz CT molecular complexity index is 531. The predicted molar refractivity (Wildman–Crippen MR) is 59.9 cm³/mol. The average molecular weight is 220 g/mol. The average Bonchev–Trinajstić information content (AvgIpc) is 2.73. The topological polar surface area (TPSA) is 81.0 Å². The molecule has 0 bridgehead atoms. The Balaban J connectivity index is 2.56. The highest BCUT2D eigenvalue weighted by Gasteiger charge is 2.11. The largest absolute Gasteiger partial charge is 0.490 e. The number of nitrogens with zero attached hydrogens (tertiary/aromatic N) is 1. The lowest BCUT2D eigenvalue weighted by Gasteiger charge is -2.02. The van der Waals surface area contributed by atoms with Crippen molar-refractivity contribution in [2.75, 3.05) is 6.61 Å². The van der Waals surface area contributed by atoms with Crippen LogP contribution in [0.1, 0.15) is 12.7 Å². The summed E-state index contributed by atoms with van der Waals surface area (Å²) in [6.45, 7) is 2.45. The molecule has 1 heterocycles. The van der Waals surface area contributed by atoms with E-state index in [1.54, 1.807) is 6.07 Å². The Morgan fingerprint density at radius 2 is 2.38 bits per heavy atom. The lowest BCUT2D eigenvalue weighted by Crippen LogP contribution is -2.11. The maximum Gasteiger partial charge on any atom is 0.205 e. The van der Waals surface area contributed by atoms with E-state index >= 15 is 0 Å². The van der Waals surface area contributed by atoms with E-state index in [2.05, 4.69) is 5.16 Å². The molecule has 0 aliphatic heterocycles. The third-order valence-electron chi connectivity index (χ3n) is 2.17. The molecular formula is C11H12N2O3. The first-order valence-corrected chi connectivity index (χ1v) is 4.89. The lowest BCUT2D eigenvalue weighted by atomic mass is 10.2. The molecule has 0 saturated heterocycles. The second kappa shape index (κ2) is 4.14. The minimum absolute atomic E-state index is 0.0568. The van der Waals surface area contributed by atoms with Crippen LogP contribution in [0.3, 0.4) is 0 Å². The van der Waals surface area contributed by atoms with Gasteiger partial charge in [0.25, 0.3) is 0 Å². The first-order chi connectivity index (χ1) is 7.76. The monoisotopic (exact) mass is 220 g/mol. The van der Waals surface area contributed by atoms with Crippen LogP contribution in [0.2, 0.25) is 0 Å². The number of rotatable bonds is 3. The van der Waals surface area contributed by atoms with Crippen molar-refractivity contribution >= 4 is 16.8 Å². The summed E-state index contributed by atoms with van der Waals surface area (Å²) < 4.78 is 10.9. The van der Waals surface area contributed by atoms with Gasteiger partial charge in [0.2, 0.25) is 5.84 Å². The summed E-state index contributed by atoms with van der Waals surface area (Å²) in [7, 11) is 0. The molecule has 16 heavy (non-hydrogen) atoms. The highest BCUT2D eigenvalue weighted by atomic mass is 16.5. The SMILES string of the molecule is CCOc1cccc2cc(C(N)=NO)oc12. The third-order valence-corrected chi connectivity index (χ3v) is 2.17. The molecule has 1 aromatic heterocycles. The summed E-state index contributed by atoms with van der Waals surface area (Å²) in [6, 6.07) is 7.24. The second-order valence-electron chi connectivity index (χ2n) is 3.20. The molecule has 0 amide bonds. The quantitative estimate of drug-likeness (QED) is 0.358. The number of hydrogen-bond donors (Lipinski definition) is 2. The zero-order valence-corrected chi connectivity index (χ0v) is 8.80. The summed E-state index contributed by atoms with van der Waals surface area (Å²) in [5.74, 6) is 0.917. The zero-order valence-electron chi connectivity index (χ0n) is 8.80. The molecule has 0 spiro atoms. The van der Waals surface area contributed by atoms with E-state index in [9.17, 15) is 0 Å². The molecule has 0 aliphatic rings. The van der Waals surface area contributed by atoms with E-state index in [0.29, 0.717) is 23.7 Å². The Morgan fingerprint density at radius 1 is 1.56 bits per heavy atom. The van der Waals surface area contributed by atoms with Gasteiger partial charge in [-0.25, -0.2) is 0 Å². The minimum Gasteiger partial charge on any atom is -0.490 e. The Labute approximate surface area is 92.1 Å². The number of furan rings is 1. The van der Waals surface area contributed by atoms with Crippen molar-refractivity contribution in [1.82, 2.24) is 0 Å². The first kappa shape index (κ1) is 10.4. The second-order valence-corrected chi connectivity index (χ2v) is 3.20. The Morgan fingerprint density at radius 3 is 3.06 bits per heavy atom. The predicted octanol–water partition coefficient (Wildman–Crippen LogP) is 1.93. The van der Waals surface area contributed by atoms with Crippen molar-refractivity contribution < 1.29 is 14.4 Å². The summed E-state index contributed by atoms with van der Waals surface area (Å²) >= 11 is 0. The van der Waals surface area contributed by atoms with E-state index in [1.165, 1.54) is 0 Å². The molecule has 0 saturated carbocycles. The number of hydrogen-bond acceptors (Lipinski definition) is 4. The van der Waals surface area contributed by atoms with Crippen LogP contribution in [0, 0.1) is 0 Å². The molecule has 5 heteroatoms. The minimum atomic E-state index is -0.0568. The van der Waals surface area contributed by atoms with Crippen molar-refractivity contribution in [3.63, 3.8) is 0 Å². The number of para-hydroxylation sites is 1. The summed E-state index contributed by atoms with van der Waals surface area (Å²) in [6.07, 6.45) is 0. The van der Waals surface area contributed by atoms with Crippen LogP contribution >= 0.6 is 0 Å². The molecule has 2 rings (SSSR count). The number of ether oxygens (including phenoxy) is 1. The lowest BCUT2D eigenvalue weighted by molar-refractivity contribution is 0.317. The summed E-state index contributed by atoms with van der Waals surface area (Å²) in [4.78, 5) is 0. The number of oxime groups is 1. The van der Waals surface area contributed by atoms with Crippen molar-refractivity contribution in [3.05, 3.63) is 30.0 Å². The van der Waals surface area contributed by atoms with Crippen LogP contribution in [-0.2, 0) is 0 Å². The van der Waals surface area contributed by atoms with Gasteiger partial charge in [0.15, 0.2) is 17.1 Å². The normalized spacial score (nSPS) is 11.9. The molecule has 2 aromatic rings. The highest BCUT2D eigenvalue weighted by molar-refractivity contribution is 5.99. The van der Waals surface area contributed by atoms with Gasteiger partial charge in [-0.3, -0.25) is 0 Å². The number of fused-ring (bicyclic) bond motifs is 1. The highest BCUT2D eigenvalue weighted by Crippen LogP contribution is 2.28. The van der Waals surface area contributed by atoms with E-state index in [1.807, 2.05) is 25.1 Å². The van der Waals surface area contributed by atoms with Gasteiger partial charge in [-0.1, -0.05) is 17.3 Å². The van der Waals surface area contributed by atoms with Crippen LogP contribution in [0.15, 0.2) is 33.8 Å². The zero-order chi connectivity index (χ0) is 11.5. The standard InChI is InChI=1S/C11H12N2O3/c1-2-15-8-5-3-4-7-6-9(11(12)13-14)16-10(7)8/h3-6,14H,2H2,1H3,(H2,12,13). The van der Waals surface area contributed by atoms with E-state index < -0.39 is 0 Å². The Kier molecular flexibility index (Phi) is 2.68. The molecule has 5 nitrogen and oxygen atoms in total. The van der Waals surface area contributed by atoms with E-state index in [-0.39, 0.29) is 5.84 Å².